The van der Waals surface area contributed by atoms with Gasteiger partial charge in [-0.05, 0) is 23.3 Å². The second kappa shape index (κ2) is 6.15. The van der Waals surface area contributed by atoms with E-state index in [-0.39, 0.29) is 11.6 Å². The number of carbonyl (C=O) groups excluding carboxylic acids is 1. The molecule has 2 aromatic rings. The number of carbonyl (C=O) groups is 1. The monoisotopic (exact) mass is 353 g/mol. The van der Waals surface area contributed by atoms with Crippen molar-refractivity contribution in [3.8, 4) is 0 Å². The van der Waals surface area contributed by atoms with E-state index in [0.29, 0.717) is 6.07 Å². The van der Waals surface area contributed by atoms with Gasteiger partial charge in [0.05, 0.1) is 5.56 Å². The van der Waals surface area contributed by atoms with Gasteiger partial charge in [-0.25, -0.2) is 0 Å². The zero-order valence-corrected chi connectivity index (χ0v) is 12.3. The zero-order valence-electron chi connectivity index (χ0n) is 10.8. The Bertz CT molecular complexity index is 692. The van der Waals surface area contributed by atoms with Crippen molar-refractivity contribution in [3.05, 3.63) is 34.7 Å². The van der Waals surface area contributed by atoms with Gasteiger partial charge in [-0.3, -0.25) is 10.1 Å². The first-order valence-corrected chi connectivity index (χ1v) is 7.46. The Morgan fingerprint density at radius 3 is 2.64 bits per heavy atom. The van der Waals surface area contributed by atoms with E-state index in [1.807, 2.05) is 0 Å². The van der Waals surface area contributed by atoms with Gasteiger partial charge >= 0.3 is 12.2 Å². The van der Waals surface area contributed by atoms with Crippen LogP contribution in [0.4, 0.5) is 19.2 Å². The lowest BCUT2D eigenvalue weighted by molar-refractivity contribution is -0.139. The summed E-state index contributed by atoms with van der Waals surface area (Å²) in [6, 6.07) is 1.28. The van der Waals surface area contributed by atoms with Gasteiger partial charge in [0.25, 0.3) is 5.91 Å². The van der Waals surface area contributed by atoms with Gasteiger partial charge in [0.15, 0.2) is 4.90 Å². The first-order valence-electron chi connectivity index (χ1n) is 5.52. The molecule has 1 atom stereocenters. The van der Waals surface area contributed by atoms with Crippen LogP contribution in [0.3, 0.4) is 0 Å². The number of amides is 1. The second-order valence-corrected chi connectivity index (χ2v) is 5.65. The number of nitrogens with zero attached hydrogens (tertiary/aromatic N) is 2. The summed E-state index contributed by atoms with van der Waals surface area (Å²) in [4.78, 5) is 11.3. The Kier molecular flexibility index (Phi) is 4.63. The van der Waals surface area contributed by atoms with E-state index >= 15 is 0 Å². The van der Waals surface area contributed by atoms with Crippen LogP contribution < -0.4 is 5.32 Å². The highest BCUT2D eigenvalue weighted by Crippen LogP contribution is 2.39. The Balaban J connectivity index is 2.46. The van der Waals surface area contributed by atoms with E-state index in [4.69, 9.17) is 11.6 Å². The molecule has 0 aliphatic carbocycles. The number of rotatable bonds is 3. The van der Waals surface area contributed by atoms with Crippen LogP contribution in [-0.2, 0) is 17.4 Å². The Morgan fingerprint density at radius 1 is 1.45 bits per heavy atom. The summed E-state index contributed by atoms with van der Waals surface area (Å²) in [5, 5.41) is 8.33. The molecule has 0 saturated heterocycles. The molecule has 6 nitrogen and oxygen atoms in total. The van der Waals surface area contributed by atoms with Crippen molar-refractivity contribution in [2.45, 2.75) is 11.1 Å². The smallest absolute Gasteiger partial charge is 0.421 e. The fraction of sp³-hybridized carbons (Fsp3) is 0.182. The lowest BCUT2D eigenvalue weighted by Gasteiger charge is -2.16. The largest absolute Gasteiger partial charge is 0.612 e. The number of aromatic nitrogens is 2. The van der Waals surface area contributed by atoms with Crippen LogP contribution in [0.1, 0.15) is 15.9 Å². The van der Waals surface area contributed by atoms with Gasteiger partial charge in [0, 0.05) is 0 Å². The number of anilines is 1. The summed E-state index contributed by atoms with van der Waals surface area (Å²) < 4.78 is 55.0. The van der Waals surface area contributed by atoms with Crippen molar-refractivity contribution in [3.63, 3.8) is 0 Å². The molecule has 0 aliphatic heterocycles. The van der Waals surface area contributed by atoms with Crippen LogP contribution in [-0.4, -0.2) is 26.9 Å². The molecule has 1 amide bonds. The number of halogens is 4. The number of benzene rings is 1. The third kappa shape index (κ3) is 3.34. The summed E-state index contributed by atoms with van der Waals surface area (Å²) in [5.74, 6) is -0.866. The average molecular weight is 354 g/mol. The average Bonchev–Trinajstić information content (AvgIpc) is 2.89. The standard InChI is InChI=1S/C11H7ClF3N3O3S/c1-22(20)8-6(11(13,14)15)3-2-5(7(8)12)9(19)17-10-18-16-4-21-10/h2-4H,1H3,(H,17,18,19)/t22-/m0/s1. The van der Waals surface area contributed by atoms with E-state index in [0.717, 1.165) is 18.7 Å². The summed E-state index contributed by atoms with van der Waals surface area (Å²) in [6.45, 7) is 0. The fourth-order valence-corrected chi connectivity index (χ4v) is 3.06. The zero-order chi connectivity index (χ0) is 16.5. The Labute approximate surface area is 129 Å². The van der Waals surface area contributed by atoms with Gasteiger partial charge in [-0.1, -0.05) is 16.7 Å². The molecule has 0 spiro atoms. The molecule has 1 N–H and O–H groups in total. The maximum atomic E-state index is 12.9. The molecular formula is C11H7ClF3N3O3S. The predicted molar refractivity (Wildman–Crippen MR) is 71.0 cm³/mol. The van der Waals surface area contributed by atoms with E-state index in [1.54, 1.807) is 0 Å². The lowest BCUT2D eigenvalue weighted by atomic mass is 10.1. The van der Waals surface area contributed by atoms with E-state index in [9.17, 15) is 22.5 Å². The summed E-state index contributed by atoms with van der Waals surface area (Å²) >= 11 is 3.78. The first-order chi connectivity index (χ1) is 10.2. The minimum absolute atomic E-state index is 0.250. The molecule has 1 aromatic heterocycles. The SMILES string of the molecule is C[S@+]([O-])c1c(C(F)(F)F)ccc(C(=O)Nc2nnco2)c1Cl. The van der Waals surface area contributed by atoms with Crippen LogP contribution in [0, 0.1) is 0 Å². The molecule has 2 rings (SSSR count). The molecule has 11 heteroatoms. The molecule has 1 aromatic carbocycles. The third-order valence-corrected chi connectivity index (χ3v) is 4.02. The molecule has 118 valence electrons. The van der Waals surface area contributed by atoms with Crippen molar-refractivity contribution in [2.24, 2.45) is 0 Å². The predicted octanol–water partition coefficient (Wildman–Crippen LogP) is 2.73. The quantitative estimate of drug-likeness (QED) is 0.857. The first kappa shape index (κ1) is 16.6. The molecule has 0 fully saturated rings. The van der Waals surface area contributed by atoms with Crippen molar-refractivity contribution < 1.29 is 26.9 Å². The fourth-order valence-electron chi connectivity index (χ4n) is 1.63. The van der Waals surface area contributed by atoms with Gasteiger partial charge in [-0.15, -0.1) is 5.10 Å². The van der Waals surface area contributed by atoms with E-state index in [2.05, 4.69) is 19.9 Å². The molecule has 1 heterocycles. The van der Waals surface area contributed by atoms with Crippen molar-refractivity contribution >= 4 is 34.7 Å². The minimum atomic E-state index is -4.74. The second-order valence-electron chi connectivity index (χ2n) is 3.95. The minimum Gasteiger partial charge on any atom is -0.612 e. The maximum absolute atomic E-state index is 12.9. The molecule has 0 radical (unpaired) electrons. The van der Waals surface area contributed by atoms with Crippen molar-refractivity contribution in [1.29, 1.82) is 0 Å². The normalized spacial score (nSPS) is 13.0. The number of nitrogens with one attached hydrogen (secondary N) is 1. The number of hydrogen-bond acceptors (Lipinski definition) is 5. The number of hydrogen-bond donors (Lipinski definition) is 1. The van der Waals surface area contributed by atoms with Crippen LogP contribution in [0.5, 0.6) is 0 Å². The molecule has 0 unspecified atom stereocenters. The molecule has 0 saturated carbocycles. The van der Waals surface area contributed by atoms with Gasteiger partial charge in [0.2, 0.25) is 6.39 Å². The van der Waals surface area contributed by atoms with Crippen molar-refractivity contribution in [1.82, 2.24) is 10.2 Å². The topological polar surface area (TPSA) is 91.1 Å². The molecule has 22 heavy (non-hydrogen) atoms. The molecule has 0 bridgehead atoms. The summed E-state index contributed by atoms with van der Waals surface area (Å²) in [6.07, 6.45) is -2.75. The highest BCUT2D eigenvalue weighted by molar-refractivity contribution is 7.90. The molecular weight excluding hydrogens is 347 g/mol. The van der Waals surface area contributed by atoms with Gasteiger partial charge in [0.1, 0.15) is 16.8 Å². The Hall–Kier alpha value is -1.78. The third-order valence-electron chi connectivity index (χ3n) is 2.52. The van der Waals surface area contributed by atoms with E-state index < -0.39 is 38.7 Å². The molecule has 0 aliphatic rings. The van der Waals surface area contributed by atoms with Gasteiger partial charge in [-0.2, -0.15) is 13.2 Å². The van der Waals surface area contributed by atoms with Crippen LogP contribution in [0.2, 0.25) is 5.02 Å². The van der Waals surface area contributed by atoms with Gasteiger partial charge < -0.3 is 8.97 Å². The van der Waals surface area contributed by atoms with E-state index in [1.165, 1.54) is 0 Å². The van der Waals surface area contributed by atoms with Crippen LogP contribution in [0.15, 0.2) is 27.8 Å². The Morgan fingerprint density at radius 2 is 2.14 bits per heavy atom. The van der Waals surface area contributed by atoms with Crippen molar-refractivity contribution in [2.75, 3.05) is 11.6 Å². The highest BCUT2D eigenvalue weighted by Gasteiger charge is 2.39. The summed E-state index contributed by atoms with van der Waals surface area (Å²) in [5.41, 5.74) is -1.45. The van der Waals surface area contributed by atoms with Crippen LogP contribution in [0.25, 0.3) is 0 Å². The highest BCUT2D eigenvalue weighted by atomic mass is 35.5. The number of alkyl halides is 3. The van der Waals surface area contributed by atoms with Crippen LogP contribution >= 0.6 is 11.6 Å². The maximum Gasteiger partial charge on any atom is 0.421 e. The lowest BCUT2D eigenvalue weighted by Crippen LogP contribution is -2.18. The summed E-state index contributed by atoms with van der Waals surface area (Å²) in [7, 11) is 0.